The van der Waals surface area contributed by atoms with Crippen molar-refractivity contribution in [1.82, 2.24) is 4.90 Å². The molecule has 0 aromatic heterocycles. The van der Waals surface area contributed by atoms with E-state index in [0.29, 0.717) is 24.2 Å². The van der Waals surface area contributed by atoms with E-state index in [9.17, 15) is 15.0 Å². The van der Waals surface area contributed by atoms with Gasteiger partial charge in [0.1, 0.15) is 0 Å². The molecule has 0 aliphatic heterocycles. The molecule has 0 heterocycles. The van der Waals surface area contributed by atoms with Gasteiger partial charge in [0.2, 0.25) is 5.91 Å². The highest BCUT2D eigenvalue weighted by Gasteiger charge is 2.45. The zero-order valence-electron chi connectivity index (χ0n) is 17.7. The van der Waals surface area contributed by atoms with Gasteiger partial charge in [-0.3, -0.25) is 4.79 Å². The van der Waals surface area contributed by atoms with Crippen LogP contribution in [0.5, 0.6) is 0 Å². The summed E-state index contributed by atoms with van der Waals surface area (Å²) < 4.78 is 0. The lowest BCUT2D eigenvalue weighted by Crippen LogP contribution is -2.20. The summed E-state index contributed by atoms with van der Waals surface area (Å²) in [5, 5.41) is 20.9. The maximum atomic E-state index is 11.6. The first-order chi connectivity index (χ1) is 13.5. The standard InChI is InChI=1S/C24H39NO3/c1-25(2)24(28)11-5-3-4-8-17-14-19-16-23(27)20(21(19)15-17)12-13-22(26)18-9-6-7-10-18/h8,12-13,18-23,26-27H,3-7,9-11,14-16H2,1-2H3/b13-12+,17-8+/t19-,20+,21-,22+,23+/m0/s1. The van der Waals surface area contributed by atoms with Crippen LogP contribution in [0.2, 0.25) is 0 Å². The van der Waals surface area contributed by atoms with E-state index in [0.717, 1.165) is 51.4 Å². The predicted octanol–water partition coefficient (Wildman–Crippen LogP) is 4.08. The number of fused-ring (bicyclic) bond motifs is 1. The third-order valence-corrected chi connectivity index (χ3v) is 7.30. The summed E-state index contributed by atoms with van der Waals surface area (Å²) in [7, 11) is 3.63. The number of rotatable bonds is 8. The van der Waals surface area contributed by atoms with Crippen molar-refractivity contribution in [2.75, 3.05) is 14.1 Å². The van der Waals surface area contributed by atoms with Crippen molar-refractivity contribution in [1.29, 1.82) is 0 Å². The number of unbranched alkanes of at least 4 members (excludes halogenated alkanes) is 2. The number of carbonyl (C=O) groups excluding carboxylic acids is 1. The molecule has 0 saturated heterocycles. The summed E-state index contributed by atoms with van der Waals surface area (Å²) in [4.78, 5) is 13.3. The highest BCUT2D eigenvalue weighted by molar-refractivity contribution is 5.75. The fraction of sp³-hybridized carbons (Fsp3) is 0.792. The Morgan fingerprint density at radius 1 is 1.21 bits per heavy atom. The van der Waals surface area contributed by atoms with Gasteiger partial charge in [-0.1, -0.05) is 36.6 Å². The molecule has 4 heteroatoms. The van der Waals surface area contributed by atoms with Crippen LogP contribution in [0, 0.1) is 23.7 Å². The number of carbonyl (C=O) groups is 1. The lowest BCUT2D eigenvalue weighted by atomic mass is 9.89. The van der Waals surface area contributed by atoms with Crippen LogP contribution < -0.4 is 0 Å². The molecule has 5 atom stereocenters. The molecule has 0 aromatic carbocycles. The van der Waals surface area contributed by atoms with E-state index in [4.69, 9.17) is 0 Å². The van der Waals surface area contributed by atoms with Gasteiger partial charge < -0.3 is 15.1 Å². The Labute approximate surface area is 170 Å². The zero-order chi connectivity index (χ0) is 20.1. The van der Waals surface area contributed by atoms with E-state index in [-0.39, 0.29) is 24.0 Å². The van der Waals surface area contributed by atoms with Crippen LogP contribution in [0.4, 0.5) is 0 Å². The molecule has 3 rings (SSSR count). The van der Waals surface area contributed by atoms with Crippen LogP contribution in [0.3, 0.4) is 0 Å². The second-order valence-electron chi connectivity index (χ2n) is 9.53. The van der Waals surface area contributed by atoms with E-state index in [1.165, 1.54) is 18.4 Å². The monoisotopic (exact) mass is 389 g/mol. The van der Waals surface area contributed by atoms with Gasteiger partial charge in [0.05, 0.1) is 12.2 Å². The number of amides is 1. The highest BCUT2D eigenvalue weighted by Crippen LogP contribution is 2.50. The number of hydrogen-bond acceptors (Lipinski definition) is 3. The van der Waals surface area contributed by atoms with Crippen LogP contribution in [-0.2, 0) is 4.79 Å². The molecule has 2 N–H and O–H groups in total. The third-order valence-electron chi connectivity index (χ3n) is 7.30. The third kappa shape index (κ3) is 5.48. The Bertz CT molecular complexity index is 576. The molecule has 0 unspecified atom stereocenters. The average molecular weight is 390 g/mol. The first-order valence-corrected chi connectivity index (χ1v) is 11.4. The number of allylic oxidation sites excluding steroid dienone is 2. The fourth-order valence-electron chi connectivity index (χ4n) is 5.59. The number of hydrogen-bond donors (Lipinski definition) is 2. The number of nitrogens with zero attached hydrogens (tertiary/aromatic N) is 1. The van der Waals surface area contributed by atoms with E-state index >= 15 is 0 Å². The minimum absolute atomic E-state index is 0.199. The minimum atomic E-state index is -0.338. The SMILES string of the molecule is CN(C)C(=O)CCCC/C=C1\C[C@H]2C[C@@H](O)[C@H](/C=C/[C@@H](O)C3CCCC3)[C@H]2C1. The quantitative estimate of drug-likeness (QED) is 0.486. The molecule has 3 fully saturated rings. The van der Waals surface area contributed by atoms with Crippen molar-refractivity contribution in [3.8, 4) is 0 Å². The molecule has 0 radical (unpaired) electrons. The molecule has 4 nitrogen and oxygen atoms in total. The Morgan fingerprint density at radius 3 is 2.68 bits per heavy atom. The normalized spacial score (nSPS) is 33.1. The van der Waals surface area contributed by atoms with Crippen LogP contribution in [0.1, 0.15) is 70.6 Å². The van der Waals surface area contributed by atoms with Gasteiger partial charge in [0.15, 0.2) is 0 Å². The summed E-state index contributed by atoms with van der Waals surface area (Å²) >= 11 is 0. The molecule has 0 spiro atoms. The Kier molecular flexibility index (Phi) is 7.76. The first kappa shape index (κ1) is 21.6. The van der Waals surface area contributed by atoms with Gasteiger partial charge in [-0.2, -0.15) is 0 Å². The van der Waals surface area contributed by atoms with Gasteiger partial charge in [-0.05, 0) is 69.1 Å². The molecule has 3 aliphatic carbocycles. The highest BCUT2D eigenvalue weighted by atomic mass is 16.3. The molecule has 3 saturated carbocycles. The van der Waals surface area contributed by atoms with Gasteiger partial charge >= 0.3 is 0 Å². The Morgan fingerprint density at radius 2 is 1.96 bits per heavy atom. The molecule has 158 valence electrons. The average Bonchev–Trinajstić information content (AvgIpc) is 3.36. The van der Waals surface area contributed by atoms with Crippen molar-refractivity contribution in [3.05, 3.63) is 23.8 Å². The zero-order valence-corrected chi connectivity index (χ0v) is 17.7. The molecular formula is C24H39NO3. The Hall–Kier alpha value is -1.13. The molecule has 0 aromatic rings. The summed E-state index contributed by atoms with van der Waals surface area (Å²) in [6.45, 7) is 0. The van der Waals surface area contributed by atoms with Gasteiger partial charge in [-0.25, -0.2) is 0 Å². The van der Waals surface area contributed by atoms with E-state index in [1.54, 1.807) is 4.90 Å². The Balaban J connectivity index is 1.45. The minimum Gasteiger partial charge on any atom is -0.392 e. The smallest absolute Gasteiger partial charge is 0.222 e. The van der Waals surface area contributed by atoms with Crippen molar-refractivity contribution in [2.45, 2.75) is 82.8 Å². The van der Waals surface area contributed by atoms with E-state index in [1.807, 2.05) is 20.2 Å². The second kappa shape index (κ2) is 10.1. The van der Waals surface area contributed by atoms with Gasteiger partial charge in [0, 0.05) is 26.4 Å². The van der Waals surface area contributed by atoms with Crippen LogP contribution in [-0.4, -0.2) is 47.3 Å². The maximum absolute atomic E-state index is 11.6. The predicted molar refractivity (Wildman–Crippen MR) is 113 cm³/mol. The summed E-state index contributed by atoms with van der Waals surface area (Å²) in [5.41, 5.74) is 1.54. The van der Waals surface area contributed by atoms with Gasteiger partial charge in [0.25, 0.3) is 0 Å². The summed E-state index contributed by atoms with van der Waals surface area (Å²) in [6.07, 6.45) is 17.5. The number of aliphatic hydroxyl groups excluding tert-OH is 2. The van der Waals surface area contributed by atoms with Crippen molar-refractivity contribution in [3.63, 3.8) is 0 Å². The van der Waals surface area contributed by atoms with Crippen molar-refractivity contribution in [2.24, 2.45) is 23.7 Å². The van der Waals surface area contributed by atoms with Gasteiger partial charge in [-0.15, -0.1) is 0 Å². The maximum Gasteiger partial charge on any atom is 0.222 e. The molecule has 1 amide bonds. The van der Waals surface area contributed by atoms with E-state index < -0.39 is 0 Å². The molecule has 28 heavy (non-hydrogen) atoms. The largest absolute Gasteiger partial charge is 0.392 e. The summed E-state index contributed by atoms with van der Waals surface area (Å²) in [6, 6.07) is 0. The lowest BCUT2D eigenvalue weighted by Gasteiger charge is -2.19. The lowest BCUT2D eigenvalue weighted by molar-refractivity contribution is -0.128. The fourth-order valence-corrected chi connectivity index (χ4v) is 5.59. The molecule has 3 aliphatic rings. The number of aliphatic hydroxyl groups is 2. The van der Waals surface area contributed by atoms with Crippen LogP contribution >= 0.6 is 0 Å². The van der Waals surface area contributed by atoms with Crippen LogP contribution in [0.15, 0.2) is 23.8 Å². The summed E-state index contributed by atoms with van der Waals surface area (Å²) in [5.74, 6) is 1.96. The topological polar surface area (TPSA) is 60.8 Å². The van der Waals surface area contributed by atoms with Crippen molar-refractivity contribution < 1.29 is 15.0 Å². The molecular weight excluding hydrogens is 350 g/mol. The first-order valence-electron chi connectivity index (χ1n) is 11.4. The second-order valence-corrected chi connectivity index (χ2v) is 9.53. The molecule has 0 bridgehead atoms. The van der Waals surface area contributed by atoms with Crippen LogP contribution in [0.25, 0.3) is 0 Å². The van der Waals surface area contributed by atoms with E-state index in [2.05, 4.69) is 12.2 Å². The van der Waals surface area contributed by atoms with Crippen molar-refractivity contribution >= 4 is 5.91 Å².